The van der Waals surface area contributed by atoms with E-state index in [1.807, 2.05) is 18.2 Å². The molecule has 1 aromatic rings. The fourth-order valence-electron chi connectivity index (χ4n) is 3.28. The maximum atomic E-state index is 10.2. The third-order valence-electron chi connectivity index (χ3n) is 4.81. The highest BCUT2D eigenvalue weighted by Gasteiger charge is 2.21. The molecule has 0 bridgehead atoms. The number of hydrogen-bond acceptors (Lipinski definition) is 3. The van der Waals surface area contributed by atoms with Crippen molar-refractivity contribution in [2.75, 3.05) is 6.54 Å². The highest BCUT2D eigenvalue weighted by molar-refractivity contribution is 5.16. The number of hydrogen-bond donors (Lipinski definition) is 3. The molecule has 118 valence electrons. The van der Waals surface area contributed by atoms with Gasteiger partial charge in [0.05, 0.1) is 6.10 Å². The first-order valence-corrected chi connectivity index (χ1v) is 8.38. The normalized spacial score (nSPS) is 20.9. The molecule has 1 aliphatic rings. The SMILES string of the molecule is C[C@H](NC[C@@H](O)[C@@H](N)Cc1ccccc1)C1CCCCC1. The Morgan fingerprint density at radius 2 is 1.86 bits per heavy atom. The van der Waals surface area contributed by atoms with Crippen LogP contribution in [0.25, 0.3) is 0 Å². The fourth-order valence-corrected chi connectivity index (χ4v) is 3.28. The van der Waals surface area contributed by atoms with E-state index in [0.29, 0.717) is 12.6 Å². The van der Waals surface area contributed by atoms with E-state index < -0.39 is 6.10 Å². The summed E-state index contributed by atoms with van der Waals surface area (Å²) in [5.41, 5.74) is 7.31. The molecule has 0 heterocycles. The Balaban J connectivity index is 1.71. The van der Waals surface area contributed by atoms with Gasteiger partial charge in [0, 0.05) is 18.6 Å². The molecule has 0 amide bonds. The number of nitrogens with two attached hydrogens (primary N) is 1. The van der Waals surface area contributed by atoms with E-state index in [-0.39, 0.29) is 6.04 Å². The van der Waals surface area contributed by atoms with Crippen LogP contribution in [-0.2, 0) is 6.42 Å². The van der Waals surface area contributed by atoms with Gasteiger partial charge in [0.1, 0.15) is 0 Å². The molecule has 0 aliphatic heterocycles. The Bertz CT molecular complexity index is 389. The molecule has 1 aromatic carbocycles. The maximum absolute atomic E-state index is 10.2. The molecule has 0 radical (unpaired) electrons. The van der Waals surface area contributed by atoms with E-state index in [2.05, 4.69) is 24.4 Å². The molecular weight excluding hydrogens is 260 g/mol. The number of aliphatic hydroxyl groups excluding tert-OH is 1. The van der Waals surface area contributed by atoms with Crippen LogP contribution in [0.3, 0.4) is 0 Å². The second-order valence-electron chi connectivity index (χ2n) is 6.52. The van der Waals surface area contributed by atoms with Crippen LogP contribution in [0.4, 0.5) is 0 Å². The zero-order valence-electron chi connectivity index (χ0n) is 13.2. The highest BCUT2D eigenvalue weighted by Crippen LogP contribution is 2.26. The predicted molar refractivity (Wildman–Crippen MR) is 88.2 cm³/mol. The highest BCUT2D eigenvalue weighted by atomic mass is 16.3. The second kappa shape index (κ2) is 8.52. The van der Waals surface area contributed by atoms with Gasteiger partial charge in [-0.1, -0.05) is 49.6 Å². The summed E-state index contributed by atoms with van der Waals surface area (Å²) in [7, 11) is 0. The molecule has 0 unspecified atom stereocenters. The van der Waals surface area contributed by atoms with Gasteiger partial charge in [-0.05, 0) is 37.7 Å². The molecule has 1 aliphatic carbocycles. The molecule has 0 saturated heterocycles. The van der Waals surface area contributed by atoms with Crippen LogP contribution in [0.5, 0.6) is 0 Å². The summed E-state index contributed by atoms with van der Waals surface area (Å²) in [6, 6.07) is 10.4. The topological polar surface area (TPSA) is 58.3 Å². The number of benzene rings is 1. The van der Waals surface area contributed by atoms with E-state index in [1.165, 1.54) is 37.7 Å². The number of nitrogens with one attached hydrogen (secondary N) is 1. The van der Waals surface area contributed by atoms with Crippen LogP contribution >= 0.6 is 0 Å². The van der Waals surface area contributed by atoms with Crippen LogP contribution in [0.2, 0.25) is 0 Å². The van der Waals surface area contributed by atoms with Gasteiger partial charge in [-0.25, -0.2) is 0 Å². The summed E-state index contributed by atoms with van der Waals surface area (Å²) in [6.07, 6.45) is 6.96. The summed E-state index contributed by atoms with van der Waals surface area (Å²) in [6.45, 7) is 2.83. The molecule has 2 rings (SSSR count). The second-order valence-corrected chi connectivity index (χ2v) is 6.52. The van der Waals surface area contributed by atoms with Crippen molar-refractivity contribution in [2.24, 2.45) is 11.7 Å². The number of rotatable bonds is 7. The largest absolute Gasteiger partial charge is 0.390 e. The summed E-state index contributed by atoms with van der Waals surface area (Å²) in [5.74, 6) is 0.760. The molecular formula is C18H30N2O. The third kappa shape index (κ3) is 5.42. The number of aliphatic hydroxyl groups is 1. The lowest BCUT2D eigenvalue weighted by Gasteiger charge is -2.30. The summed E-state index contributed by atoms with van der Waals surface area (Å²) < 4.78 is 0. The third-order valence-corrected chi connectivity index (χ3v) is 4.81. The predicted octanol–water partition coefficient (Wildman–Crippen LogP) is 2.48. The molecule has 1 saturated carbocycles. The van der Waals surface area contributed by atoms with Crippen molar-refractivity contribution in [3.05, 3.63) is 35.9 Å². The Hall–Kier alpha value is -0.900. The molecule has 4 N–H and O–H groups in total. The molecule has 3 nitrogen and oxygen atoms in total. The van der Waals surface area contributed by atoms with Gasteiger partial charge in [0.15, 0.2) is 0 Å². The first-order valence-electron chi connectivity index (χ1n) is 8.38. The lowest BCUT2D eigenvalue weighted by molar-refractivity contribution is 0.132. The Morgan fingerprint density at radius 1 is 1.19 bits per heavy atom. The van der Waals surface area contributed by atoms with Gasteiger partial charge in [0.2, 0.25) is 0 Å². The Labute approximate surface area is 128 Å². The molecule has 3 atom stereocenters. The van der Waals surface area contributed by atoms with Gasteiger partial charge in [-0.3, -0.25) is 0 Å². The average Bonchev–Trinajstić information content (AvgIpc) is 2.54. The summed E-state index contributed by atoms with van der Waals surface area (Å²) >= 11 is 0. The van der Waals surface area contributed by atoms with Crippen LogP contribution in [0.15, 0.2) is 30.3 Å². The first-order chi connectivity index (χ1) is 10.2. The standard InChI is InChI=1S/C18H30N2O/c1-14(16-10-6-3-7-11-16)20-13-18(21)17(19)12-15-8-4-2-5-9-15/h2,4-5,8-9,14,16-18,20-21H,3,6-7,10-13,19H2,1H3/t14-,17-,18+/m0/s1. The van der Waals surface area contributed by atoms with Crippen LogP contribution in [0, 0.1) is 5.92 Å². The fraction of sp³-hybridized carbons (Fsp3) is 0.667. The van der Waals surface area contributed by atoms with Crippen LogP contribution in [0.1, 0.15) is 44.6 Å². The van der Waals surface area contributed by atoms with Crippen LogP contribution in [-0.4, -0.2) is 29.8 Å². The summed E-state index contributed by atoms with van der Waals surface area (Å²) in [4.78, 5) is 0. The zero-order chi connectivity index (χ0) is 15.1. The average molecular weight is 290 g/mol. The minimum atomic E-state index is -0.490. The van der Waals surface area contributed by atoms with Crippen molar-refractivity contribution in [1.29, 1.82) is 0 Å². The lowest BCUT2D eigenvalue weighted by Crippen LogP contribution is -2.46. The van der Waals surface area contributed by atoms with E-state index in [4.69, 9.17) is 5.73 Å². The molecule has 0 aromatic heterocycles. The molecule has 3 heteroatoms. The summed E-state index contributed by atoms with van der Waals surface area (Å²) in [5, 5.41) is 13.7. The van der Waals surface area contributed by atoms with Crippen LogP contribution < -0.4 is 11.1 Å². The molecule has 1 fully saturated rings. The van der Waals surface area contributed by atoms with Gasteiger partial charge >= 0.3 is 0 Å². The monoisotopic (exact) mass is 290 g/mol. The van der Waals surface area contributed by atoms with E-state index in [1.54, 1.807) is 0 Å². The van der Waals surface area contributed by atoms with Crippen molar-refractivity contribution in [2.45, 2.75) is 63.6 Å². The van der Waals surface area contributed by atoms with Gasteiger partial charge in [-0.15, -0.1) is 0 Å². The van der Waals surface area contributed by atoms with Gasteiger partial charge in [0.25, 0.3) is 0 Å². The van der Waals surface area contributed by atoms with E-state index in [9.17, 15) is 5.11 Å². The van der Waals surface area contributed by atoms with E-state index >= 15 is 0 Å². The van der Waals surface area contributed by atoms with Crippen molar-refractivity contribution < 1.29 is 5.11 Å². The Morgan fingerprint density at radius 3 is 2.52 bits per heavy atom. The van der Waals surface area contributed by atoms with Crippen molar-refractivity contribution in [3.8, 4) is 0 Å². The lowest BCUT2D eigenvalue weighted by atomic mass is 9.84. The minimum Gasteiger partial charge on any atom is -0.390 e. The van der Waals surface area contributed by atoms with Crippen molar-refractivity contribution in [1.82, 2.24) is 5.32 Å². The van der Waals surface area contributed by atoms with Gasteiger partial charge < -0.3 is 16.2 Å². The van der Waals surface area contributed by atoms with Crippen molar-refractivity contribution in [3.63, 3.8) is 0 Å². The molecule has 0 spiro atoms. The Kier molecular flexibility index (Phi) is 6.68. The first kappa shape index (κ1) is 16.5. The van der Waals surface area contributed by atoms with E-state index in [0.717, 1.165) is 12.3 Å². The quantitative estimate of drug-likeness (QED) is 0.723. The minimum absolute atomic E-state index is 0.210. The zero-order valence-corrected chi connectivity index (χ0v) is 13.2. The maximum Gasteiger partial charge on any atom is 0.0818 e. The smallest absolute Gasteiger partial charge is 0.0818 e. The van der Waals surface area contributed by atoms with Gasteiger partial charge in [-0.2, -0.15) is 0 Å². The molecule has 21 heavy (non-hydrogen) atoms. The van der Waals surface area contributed by atoms with Crippen molar-refractivity contribution >= 4 is 0 Å².